The van der Waals surface area contributed by atoms with Crippen molar-refractivity contribution in [1.82, 2.24) is 9.78 Å². The van der Waals surface area contributed by atoms with E-state index in [2.05, 4.69) is 15.7 Å². The van der Waals surface area contributed by atoms with Gasteiger partial charge in [0.2, 0.25) is 5.91 Å². The number of rotatable bonds is 7. The van der Waals surface area contributed by atoms with Crippen LogP contribution in [0.3, 0.4) is 0 Å². The summed E-state index contributed by atoms with van der Waals surface area (Å²) in [5.41, 5.74) is 3.37. The first kappa shape index (κ1) is 23.4. The molecule has 0 spiro atoms. The van der Waals surface area contributed by atoms with Crippen molar-refractivity contribution in [2.24, 2.45) is 0 Å². The number of hydrogen-bond donors (Lipinski definition) is 2. The largest absolute Gasteiger partial charge is 0.449 e. The van der Waals surface area contributed by atoms with Gasteiger partial charge in [-0.15, -0.1) is 0 Å². The standard InChI is InChI=1S/C27H24N4O4/c1-18(26(33)29-22-15-13-21(14-16-22)28-19(2)32)35-27(34)24-17-31(23-11-7-4-8-12-23)30-25(24)20-9-5-3-6-10-20/h3-18H,1-2H3,(H,28,32)(H,29,33)/t18-/m0/s1. The summed E-state index contributed by atoms with van der Waals surface area (Å²) in [6, 6.07) is 25.4. The van der Waals surface area contributed by atoms with Crippen LogP contribution < -0.4 is 10.6 Å². The fourth-order valence-corrected chi connectivity index (χ4v) is 3.41. The number of benzene rings is 3. The summed E-state index contributed by atoms with van der Waals surface area (Å²) in [6.45, 7) is 2.92. The SMILES string of the molecule is CC(=O)Nc1ccc(NC(=O)[C@H](C)OC(=O)c2cn(-c3ccccc3)nc2-c2ccccc2)cc1. The van der Waals surface area contributed by atoms with E-state index in [4.69, 9.17) is 4.74 Å². The molecule has 0 saturated carbocycles. The van der Waals surface area contributed by atoms with Crippen LogP contribution in [0.15, 0.2) is 91.1 Å². The molecular formula is C27H24N4O4. The second kappa shape index (κ2) is 10.5. The molecule has 0 bridgehead atoms. The number of carbonyl (C=O) groups is 3. The molecule has 0 fully saturated rings. The van der Waals surface area contributed by atoms with Gasteiger partial charge in [0.25, 0.3) is 5.91 Å². The fourth-order valence-electron chi connectivity index (χ4n) is 3.41. The van der Waals surface area contributed by atoms with Gasteiger partial charge in [0.15, 0.2) is 6.10 Å². The second-order valence-corrected chi connectivity index (χ2v) is 7.83. The number of amides is 2. The summed E-state index contributed by atoms with van der Waals surface area (Å²) in [5.74, 6) is -1.33. The van der Waals surface area contributed by atoms with E-state index in [9.17, 15) is 14.4 Å². The Labute approximate surface area is 202 Å². The number of hydrogen-bond acceptors (Lipinski definition) is 5. The highest BCUT2D eigenvalue weighted by atomic mass is 16.5. The zero-order valence-corrected chi connectivity index (χ0v) is 19.3. The Balaban J connectivity index is 1.51. The zero-order valence-electron chi connectivity index (χ0n) is 19.3. The lowest BCUT2D eigenvalue weighted by Gasteiger charge is -2.14. The van der Waals surface area contributed by atoms with Crippen LogP contribution in [0.1, 0.15) is 24.2 Å². The third-order valence-corrected chi connectivity index (χ3v) is 5.13. The van der Waals surface area contributed by atoms with E-state index < -0.39 is 18.0 Å². The molecule has 0 saturated heterocycles. The van der Waals surface area contributed by atoms with Crippen LogP contribution in [0, 0.1) is 0 Å². The minimum absolute atomic E-state index is 0.187. The molecule has 2 N–H and O–H groups in total. The smallest absolute Gasteiger partial charge is 0.342 e. The average molecular weight is 469 g/mol. The average Bonchev–Trinajstić information content (AvgIpc) is 3.32. The first-order valence-corrected chi connectivity index (χ1v) is 11.0. The van der Waals surface area contributed by atoms with Crippen LogP contribution in [0.25, 0.3) is 16.9 Å². The van der Waals surface area contributed by atoms with E-state index in [-0.39, 0.29) is 11.5 Å². The molecule has 2 amide bonds. The number of anilines is 2. The first-order chi connectivity index (χ1) is 16.9. The van der Waals surface area contributed by atoms with E-state index >= 15 is 0 Å². The predicted molar refractivity (Wildman–Crippen MR) is 133 cm³/mol. The Morgan fingerprint density at radius 3 is 2.00 bits per heavy atom. The highest BCUT2D eigenvalue weighted by Crippen LogP contribution is 2.25. The lowest BCUT2D eigenvalue weighted by Crippen LogP contribution is -2.30. The van der Waals surface area contributed by atoms with Crippen molar-refractivity contribution in [3.8, 4) is 16.9 Å². The van der Waals surface area contributed by atoms with Gasteiger partial charge in [0.05, 0.1) is 5.69 Å². The maximum atomic E-state index is 13.1. The van der Waals surface area contributed by atoms with E-state index in [0.29, 0.717) is 17.1 Å². The van der Waals surface area contributed by atoms with Gasteiger partial charge >= 0.3 is 5.97 Å². The number of aromatic nitrogens is 2. The highest BCUT2D eigenvalue weighted by molar-refractivity contribution is 6.00. The summed E-state index contributed by atoms with van der Waals surface area (Å²) < 4.78 is 7.11. The summed E-state index contributed by atoms with van der Waals surface area (Å²) in [7, 11) is 0. The van der Waals surface area contributed by atoms with Gasteiger partial charge in [-0.2, -0.15) is 5.10 Å². The van der Waals surface area contributed by atoms with Crippen LogP contribution in [0.2, 0.25) is 0 Å². The minimum atomic E-state index is -1.05. The molecule has 0 aliphatic rings. The number of nitrogens with one attached hydrogen (secondary N) is 2. The van der Waals surface area contributed by atoms with Crippen molar-refractivity contribution in [3.05, 3.63) is 96.7 Å². The van der Waals surface area contributed by atoms with Crippen molar-refractivity contribution in [2.45, 2.75) is 20.0 Å². The molecule has 8 nitrogen and oxygen atoms in total. The number of carbonyl (C=O) groups excluding carboxylic acids is 3. The number of ether oxygens (including phenoxy) is 1. The molecule has 8 heteroatoms. The lowest BCUT2D eigenvalue weighted by atomic mass is 10.1. The normalized spacial score (nSPS) is 11.4. The summed E-state index contributed by atoms with van der Waals surface area (Å²) in [4.78, 5) is 36.9. The molecule has 0 aliphatic heterocycles. The van der Waals surface area contributed by atoms with E-state index in [1.54, 1.807) is 35.1 Å². The van der Waals surface area contributed by atoms with E-state index in [1.807, 2.05) is 60.7 Å². The molecule has 4 aromatic rings. The van der Waals surface area contributed by atoms with Gasteiger partial charge in [-0.25, -0.2) is 9.48 Å². The molecule has 0 unspecified atom stereocenters. The number of nitrogens with zero attached hydrogens (tertiary/aromatic N) is 2. The van der Waals surface area contributed by atoms with Crippen LogP contribution in [0.4, 0.5) is 11.4 Å². The Bertz CT molecular complexity index is 1330. The molecule has 4 rings (SSSR count). The van der Waals surface area contributed by atoms with Gasteiger partial charge < -0.3 is 15.4 Å². The van der Waals surface area contributed by atoms with E-state index in [1.165, 1.54) is 13.8 Å². The third-order valence-electron chi connectivity index (χ3n) is 5.13. The molecular weight excluding hydrogens is 444 g/mol. The van der Waals surface area contributed by atoms with Crippen molar-refractivity contribution in [2.75, 3.05) is 10.6 Å². The first-order valence-electron chi connectivity index (χ1n) is 11.0. The second-order valence-electron chi connectivity index (χ2n) is 7.83. The maximum Gasteiger partial charge on any atom is 0.342 e. The number of esters is 1. The quantitative estimate of drug-likeness (QED) is 0.384. The molecule has 1 heterocycles. The van der Waals surface area contributed by atoms with Crippen LogP contribution in [0.5, 0.6) is 0 Å². The zero-order chi connectivity index (χ0) is 24.8. The monoisotopic (exact) mass is 468 g/mol. The summed E-state index contributed by atoms with van der Waals surface area (Å²) in [6.07, 6.45) is 0.548. The topological polar surface area (TPSA) is 102 Å². The Kier molecular flexibility index (Phi) is 7.02. The molecule has 176 valence electrons. The lowest BCUT2D eigenvalue weighted by molar-refractivity contribution is -0.123. The number of para-hydroxylation sites is 1. The van der Waals surface area contributed by atoms with Gasteiger partial charge in [-0.05, 0) is 43.3 Å². The van der Waals surface area contributed by atoms with Crippen molar-refractivity contribution < 1.29 is 19.1 Å². The Morgan fingerprint density at radius 1 is 0.829 bits per heavy atom. The highest BCUT2D eigenvalue weighted by Gasteiger charge is 2.24. The third kappa shape index (κ3) is 5.80. The molecule has 35 heavy (non-hydrogen) atoms. The Morgan fingerprint density at radius 2 is 1.40 bits per heavy atom. The molecule has 0 aliphatic carbocycles. The van der Waals surface area contributed by atoms with Gasteiger partial charge in [0, 0.05) is 30.1 Å². The van der Waals surface area contributed by atoms with Crippen LogP contribution >= 0.6 is 0 Å². The van der Waals surface area contributed by atoms with Gasteiger partial charge in [-0.1, -0.05) is 48.5 Å². The minimum Gasteiger partial charge on any atom is -0.449 e. The predicted octanol–water partition coefficient (Wildman–Crippen LogP) is 4.68. The maximum absolute atomic E-state index is 13.1. The van der Waals surface area contributed by atoms with Crippen molar-refractivity contribution in [1.29, 1.82) is 0 Å². The Hall–Kier alpha value is -4.72. The van der Waals surface area contributed by atoms with Crippen LogP contribution in [-0.4, -0.2) is 33.7 Å². The van der Waals surface area contributed by atoms with Gasteiger partial charge in [-0.3, -0.25) is 9.59 Å². The fraction of sp³-hybridized carbons (Fsp3) is 0.111. The molecule has 3 aromatic carbocycles. The molecule has 0 radical (unpaired) electrons. The summed E-state index contributed by atoms with van der Waals surface area (Å²) in [5, 5.41) is 9.97. The van der Waals surface area contributed by atoms with Crippen molar-refractivity contribution >= 4 is 29.2 Å². The van der Waals surface area contributed by atoms with Crippen LogP contribution in [-0.2, 0) is 14.3 Å². The van der Waals surface area contributed by atoms with Gasteiger partial charge in [0.1, 0.15) is 11.3 Å². The van der Waals surface area contributed by atoms with Crippen molar-refractivity contribution in [3.63, 3.8) is 0 Å². The molecule has 1 aromatic heterocycles. The molecule has 1 atom stereocenters. The summed E-state index contributed by atoms with van der Waals surface area (Å²) >= 11 is 0. The van der Waals surface area contributed by atoms with E-state index in [0.717, 1.165) is 11.3 Å².